The van der Waals surface area contributed by atoms with Gasteiger partial charge in [-0.15, -0.1) is 0 Å². The third-order valence-corrected chi connectivity index (χ3v) is 3.64. The number of nitrogens with one attached hydrogen (secondary N) is 2. The number of imidazole rings is 1. The molecule has 0 amide bonds. The van der Waals surface area contributed by atoms with Crippen molar-refractivity contribution in [3.8, 4) is 0 Å². The summed E-state index contributed by atoms with van der Waals surface area (Å²) in [6, 6.07) is 11.1. The minimum atomic E-state index is 0.490. The molecule has 0 radical (unpaired) electrons. The quantitative estimate of drug-likeness (QED) is 0.872. The van der Waals surface area contributed by atoms with Gasteiger partial charge in [0.1, 0.15) is 0 Å². The van der Waals surface area contributed by atoms with Crippen molar-refractivity contribution < 1.29 is 0 Å². The number of rotatable bonds is 4. The van der Waals surface area contributed by atoms with Crippen LogP contribution in [0.25, 0.3) is 0 Å². The predicted octanol–water partition coefficient (Wildman–Crippen LogP) is 1.56. The van der Waals surface area contributed by atoms with Crippen LogP contribution in [-0.2, 0) is 19.5 Å². The van der Waals surface area contributed by atoms with E-state index in [0.29, 0.717) is 6.04 Å². The molecule has 4 heteroatoms. The first kappa shape index (κ1) is 12.4. The van der Waals surface area contributed by atoms with Gasteiger partial charge in [0, 0.05) is 32.1 Å². The predicted molar refractivity (Wildman–Crippen MR) is 75.7 cm³/mol. The normalized spacial score (nSPS) is 18.5. The van der Waals surface area contributed by atoms with E-state index >= 15 is 0 Å². The first-order chi connectivity index (χ1) is 9.31. The van der Waals surface area contributed by atoms with Crippen LogP contribution in [0.5, 0.6) is 0 Å². The van der Waals surface area contributed by atoms with Gasteiger partial charge < -0.3 is 15.2 Å². The topological polar surface area (TPSA) is 44.0 Å². The Balaban J connectivity index is 1.55. The molecular weight excluding hydrogens is 236 g/mol. The van der Waals surface area contributed by atoms with Crippen LogP contribution in [0, 0.1) is 0 Å². The van der Waals surface area contributed by atoms with Crippen LogP contribution in [-0.4, -0.2) is 34.5 Å². The molecule has 4 nitrogen and oxygen atoms in total. The number of benzene rings is 1. The molecule has 0 aliphatic carbocycles. The summed E-state index contributed by atoms with van der Waals surface area (Å²) >= 11 is 0. The Morgan fingerprint density at radius 3 is 3.00 bits per heavy atom. The highest BCUT2D eigenvalue weighted by Gasteiger charge is 2.20. The SMILES string of the molecule is CN(Cc1ccccc1)CC1Cc2nc[nH]c2CN1. The Morgan fingerprint density at radius 2 is 2.16 bits per heavy atom. The maximum Gasteiger partial charge on any atom is 0.0925 e. The third kappa shape index (κ3) is 3.03. The zero-order chi connectivity index (χ0) is 13.1. The van der Waals surface area contributed by atoms with Crippen molar-refractivity contribution in [2.45, 2.75) is 25.6 Å². The van der Waals surface area contributed by atoms with Gasteiger partial charge in [0.05, 0.1) is 17.7 Å². The molecule has 1 aliphatic rings. The summed E-state index contributed by atoms with van der Waals surface area (Å²) in [5.41, 5.74) is 3.82. The summed E-state index contributed by atoms with van der Waals surface area (Å²) in [6.07, 6.45) is 2.81. The second-order valence-corrected chi connectivity index (χ2v) is 5.29. The lowest BCUT2D eigenvalue weighted by Gasteiger charge is -2.27. The van der Waals surface area contributed by atoms with Gasteiger partial charge in [0.15, 0.2) is 0 Å². The molecule has 2 N–H and O–H groups in total. The fourth-order valence-corrected chi connectivity index (χ4v) is 2.70. The molecule has 0 fully saturated rings. The molecule has 100 valence electrons. The maximum absolute atomic E-state index is 4.38. The molecule has 0 saturated carbocycles. The van der Waals surface area contributed by atoms with Crippen LogP contribution in [0.3, 0.4) is 0 Å². The Morgan fingerprint density at radius 1 is 1.32 bits per heavy atom. The number of hydrogen-bond acceptors (Lipinski definition) is 3. The summed E-state index contributed by atoms with van der Waals surface area (Å²) in [5.74, 6) is 0. The van der Waals surface area contributed by atoms with E-state index in [4.69, 9.17) is 0 Å². The van der Waals surface area contributed by atoms with Crippen molar-refractivity contribution in [3.63, 3.8) is 0 Å². The largest absolute Gasteiger partial charge is 0.347 e. The van der Waals surface area contributed by atoms with Crippen molar-refractivity contribution in [3.05, 3.63) is 53.6 Å². The number of nitrogens with zero attached hydrogens (tertiary/aromatic N) is 2. The molecule has 0 saturated heterocycles. The molecule has 1 unspecified atom stereocenters. The van der Waals surface area contributed by atoms with Gasteiger partial charge in [-0.05, 0) is 12.6 Å². The molecule has 0 bridgehead atoms. The summed E-state index contributed by atoms with van der Waals surface area (Å²) < 4.78 is 0. The van der Waals surface area contributed by atoms with Crippen LogP contribution < -0.4 is 5.32 Å². The van der Waals surface area contributed by atoms with Crippen molar-refractivity contribution in [1.29, 1.82) is 0 Å². The van der Waals surface area contributed by atoms with Crippen molar-refractivity contribution >= 4 is 0 Å². The second kappa shape index (κ2) is 5.55. The first-order valence-corrected chi connectivity index (χ1v) is 6.78. The number of aromatic amines is 1. The zero-order valence-corrected chi connectivity index (χ0v) is 11.3. The first-order valence-electron chi connectivity index (χ1n) is 6.78. The van der Waals surface area contributed by atoms with Crippen molar-refractivity contribution in [2.75, 3.05) is 13.6 Å². The lowest BCUT2D eigenvalue weighted by atomic mass is 10.0. The number of hydrogen-bond donors (Lipinski definition) is 2. The van der Waals surface area contributed by atoms with Gasteiger partial charge in [-0.2, -0.15) is 0 Å². The lowest BCUT2D eigenvalue weighted by molar-refractivity contribution is 0.272. The zero-order valence-electron chi connectivity index (χ0n) is 11.3. The highest BCUT2D eigenvalue weighted by atomic mass is 15.1. The molecule has 2 aromatic rings. The Hall–Kier alpha value is -1.65. The van der Waals surface area contributed by atoms with E-state index in [1.165, 1.54) is 17.0 Å². The summed E-state index contributed by atoms with van der Waals surface area (Å²) in [4.78, 5) is 9.93. The van der Waals surface area contributed by atoms with Gasteiger partial charge in [0.25, 0.3) is 0 Å². The molecule has 2 heterocycles. The molecule has 1 atom stereocenters. The Bertz CT molecular complexity index is 520. The molecule has 19 heavy (non-hydrogen) atoms. The van der Waals surface area contributed by atoms with E-state index in [2.05, 4.69) is 57.6 Å². The van der Waals surface area contributed by atoms with Gasteiger partial charge in [0.2, 0.25) is 0 Å². The van der Waals surface area contributed by atoms with Crippen molar-refractivity contribution in [1.82, 2.24) is 20.2 Å². The minimum absolute atomic E-state index is 0.490. The van der Waals surface area contributed by atoms with Crippen LogP contribution in [0.1, 0.15) is 17.0 Å². The van der Waals surface area contributed by atoms with Crippen LogP contribution in [0.15, 0.2) is 36.7 Å². The number of fused-ring (bicyclic) bond motifs is 1. The maximum atomic E-state index is 4.38. The lowest BCUT2D eigenvalue weighted by Crippen LogP contribution is -2.43. The third-order valence-electron chi connectivity index (χ3n) is 3.64. The molecular formula is C15H20N4. The summed E-state index contributed by atoms with van der Waals surface area (Å²) in [7, 11) is 2.18. The summed E-state index contributed by atoms with van der Waals surface area (Å²) in [5, 5.41) is 3.57. The highest BCUT2D eigenvalue weighted by molar-refractivity contribution is 5.17. The van der Waals surface area contributed by atoms with E-state index in [-0.39, 0.29) is 0 Å². The molecule has 1 aromatic heterocycles. The number of aromatic nitrogens is 2. The van der Waals surface area contributed by atoms with Gasteiger partial charge in [-0.3, -0.25) is 0 Å². The Labute approximate surface area is 113 Å². The van der Waals surface area contributed by atoms with E-state index in [0.717, 1.165) is 26.1 Å². The second-order valence-electron chi connectivity index (χ2n) is 5.29. The standard InChI is InChI=1S/C15H20N4/c1-19(9-12-5-3-2-4-6-12)10-13-7-14-15(8-16-13)18-11-17-14/h2-6,11,13,16H,7-10H2,1H3,(H,17,18). The van der Waals surface area contributed by atoms with Gasteiger partial charge in [-0.25, -0.2) is 4.98 Å². The smallest absolute Gasteiger partial charge is 0.0925 e. The van der Waals surface area contributed by atoms with E-state index in [1.807, 2.05) is 0 Å². The monoisotopic (exact) mass is 256 g/mol. The molecule has 1 aromatic carbocycles. The fourth-order valence-electron chi connectivity index (χ4n) is 2.70. The minimum Gasteiger partial charge on any atom is -0.347 e. The van der Waals surface area contributed by atoms with E-state index in [9.17, 15) is 0 Å². The van der Waals surface area contributed by atoms with Crippen LogP contribution >= 0.6 is 0 Å². The van der Waals surface area contributed by atoms with Crippen LogP contribution in [0.2, 0.25) is 0 Å². The average molecular weight is 256 g/mol. The van der Waals surface area contributed by atoms with E-state index in [1.54, 1.807) is 6.33 Å². The summed E-state index contributed by atoms with van der Waals surface area (Å²) in [6.45, 7) is 2.94. The molecule has 3 rings (SSSR count). The van der Waals surface area contributed by atoms with Crippen molar-refractivity contribution in [2.24, 2.45) is 0 Å². The number of likely N-dealkylation sites (N-methyl/N-ethyl adjacent to an activating group) is 1. The number of H-pyrrole nitrogens is 1. The molecule has 1 aliphatic heterocycles. The highest BCUT2D eigenvalue weighted by Crippen LogP contribution is 2.13. The van der Waals surface area contributed by atoms with E-state index < -0.39 is 0 Å². The Kier molecular flexibility index (Phi) is 3.62. The van der Waals surface area contributed by atoms with Gasteiger partial charge in [-0.1, -0.05) is 30.3 Å². The van der Waals surface area contributed by atoms with Gasteiger partial charge >= 0.3 is 0 Å². The fraction of sp³-hybridized carbons (Fsp3) is 0.400. The molecule has 0 spiro atoms. The average Bonchev–Trinajstić information content (AvgIpc) is 2.87. The van der Waals surface area contributed by atoms with Crippen LogP contribution in [0.4, 0.5) is 0 Å².